The van der Waals surface area contributed by atoms with Gasteiger partial charge in [0.15, 0.2) is 5.13 Å². The van der Waals surface area contributed by atoms with Crippen molar-refractivity contribution in [2.24, 2.45) is 0 Å². The minimum Gasteiger partial charge on any atom is -0.399 e. The zero-order chi connectivity index (χ0) is 16.4. The highest BCUT2D eigenvalue weighted by atomic mass is 32.1. The lowest BCUT2D eigenvalue weighted by atomic mass is 10.1. The van der Waals surface area contributed by atoms with Gasteiger partial charge in [-0.1, -0.05) is 6.07 Å². The molecule has 0 spiro atoms. The average molecular weight is 329 g/mol. The number of carbonyl (C=O) groups excluding carboxylic acids is 1. The molecule has 1 aromatic carbocycles. The Morgan fingerprint density at radius 2 is 2.17 bits per heavy atom. The van der Waals surface area contributed by atoms with E-state index >= 15 is 0 Å². The van der Waals surface area contributed by atoms with E-state index in [0.29, 0.717) is 11.4 Å². The Morgan fingerprint density at radius 1 is 1.35 bits per heavy atom. The average Bonchev–Trinajstić information content (AvgIpc) is 2.96. The number of nitrogens with two attached hydrogens (primary N) is 1. The van der Waals surface area contributed by atoms with Crippen molar-refractivity contribution < 1.29 is 9.72 Å². The number of fused-ring (bicyclic) bond motifs is 1. The monoisotopic (exact) mass is 329 g/mol. The molecule has 0 fully saturated rings. The van der Waals surface area contributed by atoms with E-state index in [-0.39, 0.29) is 22.5 Å². The molecule has 0 bridgehead atoms. The van der Waals surface area contributed by atoms with Gasteiger partial charge in [-0.05, 0) is 35.6 Å². The standard InChI is InChI=1S/C14H11N5O3S/c15-9-2-4-11-8(5-9)1-3-10(17-11)6-12(20)18-14-16-7-13(23-14)19(21)22/h1-5,7H,6,15H2,(H,16,18,20). The van der Waals surface area contributed by atoms with Gasteiger partial charge in [0.25, 0.3) is 0 Å². The maximum atomic E-state index is 12.0. The fraction of sp³-hybridized carbons (Fsp3) is 0.0714. The second kappa shape index (κ2) is 5.97. The highest BCUT2D eigenvalue weighted by Crippen LogP contribution is 2.25. The number of hydrogen-bond donors (Lipinski definition) is 2. The predicted octanol–water partition coefficient (Wildman–Crippen LogP) is 2.36. The third kappa shape index (κ3) is 3.40. The Kier molecular flexibility index (Phi) is 3.85. The SMILES string of the molecule is Nc1ccc2nc(CC(=O)Nc3ncc([N+](=O)[O-])s3)ccc2c1. The number of nitrogens with one attached hydrogen (secondary N) is 1. The molecule has 0 aliphatic carbocycles. The maximum absolute atomic E-state index is 12.0. The van der Waals surface area contributed by atoms with Crippen LogP contribution < -0.4 is 11.1 Å². The highest BCUT2D eigenvalue weighted by molar-refractivity contribution is 7.18. The molecule has 0 atom stereocenters. The van der Waals surface area contributed by atoms with Crippen LogP contribution in [0.25, 0.3) is 10.9 Å². The second-order valence-electron chi connectivity index (χ2n) is 4.74. The normalized spacial score (nSPS) is 10.6. The van der Waals surface area contributed by atoms with Crippen molar-refractivity contribution in [3.63, 3.8) is 0 Å². The second-order valence-corrected chi connectivity index (χ2v) is 5.75. The molecule has 23 heavy (non-hydrogen) atoms. The number of pyridine rings is 1. The summed E-state index contributed by atoms with van der Waals surface area (Å²) in [5.41, 5.74) is 7.69. The van der Waals surface area contributed by atoms with Crippen LogP contribution in [0.15, 0.2) is 36.5 Å². The van der Waals surface area contributed by atoms with Crippen LogP contribution in [0.1, 0.15) is 5.69 Å². The maximum Gasteiger partial charge on any atom is 0.345 e. The lowest BCUT2D eigenvalue weighted by Gasteiger charge is -2.04. The van der Waals surface area contributed by atoms with Crippen LogP contribution >= 0.6 is 11.3 Å². The first-order valence-corrected chi connectivity index (χ1v) is 7.38. The molecule has 0 saturated heterocycles. The van der Waals surface area contributed by atoms with Crippen LogP contribution in [0, 0.1) is 10.1 Å². The van der Waals surface area contributed by atoms with E-state index in [2.05, 4.69) is 15.3 Å². The van der Waals surface area contributed by atoms with Gasteiger partial charge in [0.05, 0.1) is 22.6 Å². The van der Waals surface area contributed by atoms with Crippen molar-refractivity contribution in [1.29, 1.82) is 0 Å². The lowest BCUT2D eigenvalue weighted by molar-refractivity contribution is -0.380. The number of anilines is 2. The van der Waals surface area contributed by atoms with Gasteiger partial charge in [-0.15, -0.1) is 0 Å². The van der Waals surface area contributed by atoms with E-state index < -0.39 is 4.92 Å². The number of nitrogen functional groups attached to an aromatic ring is 1. The van der Waals surface area contributed by atoms with E-state index in [4.69, 9.17) is 5.73 Å². The molecule has 1 amide bonds. The van der Waals surface area contributed by atoms with Gasteiger partial charge in [-0.2, -0.15) is 0 Å². The minimum atomic E-state index is -0.552. The van der Waals surface area contributed by atoms with Crippen LogP contribution in [-0.2, 0) is 11.2 Å². The first kappa shape index (κ1) is 14.9. The molecule has 3 N–H and O–H groups in total. The number of benzene rings is 1. The van der Waals surface area contributed by atoms with Crippen molar-refractivity contribution in [3.8, 4) is 0 Å². The molecule has 0 unspecified atom stereocenters. The van der Waals surface area contributed by atoms with E-state index in [1.165, 1.54) is 0 Å². The molecule has 9 heteroatoms. The number of nitrogens with zero attached hydrogens (tertiary/aromatic N) is 3. The fourth-order valence-corrected chi connectivity index (χ4v) is 2.67. The van der Waals surface area contributed by atoms with Crippen molar-refractivity contribution in [2.75, 3.05) is 11.1 Å². The number of carbonyl (C=O) groups is 1. The van der Waals surface area contributed by atoms with Crippen molar-refractivity contribution >= 4 is 44.0 Å². The third-order valence-electron chi connectivity index (χ3n) is 3.03. The number of thiazole rings is 1. The van der Waals surface area contributed by atoms with Crippen LogP contribution in [0.3, 0.4) is 0 Å². The van der Waals surface area contributed by atoms with Gasteiger partial charge in [-0.3, -0.25) is 19.9 Å². The Bertz CT molecular complexity index is 908. The summed E-state index contributed by atoms with van der Waals surface area (Å²) in [5, 5.41) is 14.1. The first-order chi connectivity index (χ1) is 11.0. The number of nitro groups is 1. The Balaban J connectivity index is 1.71. The van der Waals surface area contributed by atoms with Crippen molar-refractivity contribution in [2.45, 2.75) is 6.42 Å². The van der Waals surface area contributed by atoms with Crippen LogP contribution in [0.5, 0.6) is 0 Å². The predicted molar refractivity (Wildman–Crippen MR) is 87.3 cm³/mol. The molecular weight excluding hydrogens is 318 g/mol. The first-order valence-electron chi connectivity index (χ1n) is 6.56. The van der Waals surface area contributed by atoms with Crippen LogP contribution in [0.2, 0.25) is 0 Å². The summed E-state index contributed by atoms with van der Waals surface area (Å²) in [5.74, 6) is -0.337. The number of aromatic nitrogens is 2. The highest BCUT2D eigenvalue weighted by Gasteiger charge is 2.14. The molecule has 3 aromatic rings. The molecule has 2 aromatic heterocycles. The lowest BCUT2D eigenvalue weighted by Crippen LogP contribution is -2.14. The molecular formula is C14H11N5O3S. The molecule has 0 radical (unpaired) electrons. The minimum absolute atomic E-state index is 0.0493. The quantitative estimate of drug-likeness (QED) is 0.430. The summed E-state index contributed by atoms with van der Waals surface area (Å²) >= 11 is 0.808. The number of amides is 1. The van der Waals surface area contributed by atoms with Crippen molar-refractivity contribution in [1.82, 2.24) is 9.97 Å². The summed E-state index contributed by atoms with van der Waals surface area (Å²) in [6, 6.07) is 8.92. The van der Waals surface area contributed by atoms with Gasteiger partial charge >= 0.3 is 5.00 Å². The van der Waals surface area contributed by atoms with E-state index in [0.717, 1.165) is 28.4 Å². The third-order valence-corrected chi connectivity index (χ3v) is 3.90. The fourth-order valence-electron chi connectivity index (χ4n) is 2.02. The van der Waals surface area contributed by atoms with Crippen LogP contribution in [0.4, 0.5) is 15.8 Å². The zero-order valence-corrected chi connectivity index (χ0v) is 12.5. The molecule has 2 heterocycles. The molecule has 3 rings (SSSR count). The van der Waals surface area contributed by atoms with E-state index in [9.17, 15) is 14.9 Å². The smallest absolute Gasteiger partial charge is 0.345 e. The van der Waals surface area contributed by atoms with Gasteiger partial charge in [0, 0.05) is 11.1 Å². The summed E-state index contributed by atoms with van der Waals surface area (Å²) in [7, 11) is 0. The Hall–Kier alpha value is -3.07. The molecule has 116 valence electrons. The van der Waals surface area contributed by atoms with Crippen molar-refractivity contribution in [3.05, 3.63) is 52.3 Å². The van der Waals surface area contributed by atoms with E-state index in [1.54, 1.807) is 24.3 Å². The van der Waals surface area contributed by atoms with Gasteiger partial charge in [0.1, 0.15) is 6.20 Å². The van der Waals surface area contributed by atoms with Gasteiger partial charge in [-0.25, -0.2) is 4.98 Å². The van der Waals surface area contributed by atoms with Gasteiger partial charge in [0.2, 0.25) is 5.91 Å². The number of hydrogen-bond acceptors (Lipinski definition) is 7. The summed E-state index contributed by atoms with van der Waals surface area (Å²) in [4.78, 5) is 30.2. The van der Waals surface area contributed by atoms with Gasteiger partial charge < -0.3 is 11.1 Å². The molecule has 0 aliphatic heterocycles. The molecule has 0 saturated carbocycles. The summed E-state index contributed by atoms with van der Waals surface area (Å²) < 4.78 is 0. The largest absolute Gasteiger partial charge is 0.399 e. The zero-order valence-electron chi connectivity index (χ0n) is 11.7. The van der Waals surface area contributed by atoms with Crippen LogP contribution in [-0.4, -0.2) is 20.8 Å². The van der Waals surface area contributed by atoms with E-state index in [1.807, 2.05) is 6.07 Å². The molecule has 0 aliphatic rings. The Labute approximate surface area is 134 Å². The Morgan fingerprint density at radius 3 is 2.91 bits per heavy atom. The molecule has 8 nitrogen and oxygen atoms in total. The summed E-state index contributed by atoms with van der Waals surface area (Å²) in [6.45, 7) is 0. The summed E-state index contributed by atoms with van der Waals surface area (Å²) in [6.07, 6.45) is 1.16. The number of rotatable bonds is 4. The topological polar surface area (TPSA) is 124 Å².